The molecule has 1 amide bonds. The highest BCUT2D eigenvalue weighted by Crippen LogP contribution is 2.21. The van der Waals surface area contributed by atoms with Crippen LogP contribution in [-0.4, -0.2) is 31.9 Å². The number of H-pyrrole nitrogens is 1. The number of carboxylic acids is 1. The number of imidazole rings is 1. The molecule has 0 atom stereocenters. The van der Waals surface area contributed by atoms with Crippen LogP contribution in [0.4, 0.5) is 5.95 Å². The molecule has 132 valence electrons. The maximum Gasteiger partial charge on any atom is 0.337 e. The number of para-hydroxylation sites is 1. The SMILES string of the molecule is O=C(Nc1nc2c(C(=O)O)cccc2[nH]1)c1ccc(-c2ccncc2)cc1. The Balaban J connectivity index is 1.56. The number of pyridine rings is 1. The predicted octanol–water partition coefficient (Wildman–Crippen LogP) is 3.58. The summed E-state index contributed by atoms with van der Waals surface area (Å²) in [6, 6.07) is 15.7. The average Bonchev–Trinajstić information content (AvgIpc) is 3.11. The molecule has 0 spiro atoms. The van der Waals surface area contributed by atoms with E-state index in [-0.39, 0.29) is 17.4 Å². The van der Waals surface area contributed by atoms with Gasteiger partial charge in [0.15, 0.2) is 0 Å². The number of benzene rings is 2. The molecule has 0 fully saturated rings. The van der Waals surface area contributed by atoms with Crippen molar-refractivity contribution in [2.45, 2.75) is 0 Å². The van der Waals surface area contributed by atoms with E-state index in [1.165, 1.54) is 6.07 Å². The number of amides is 1. The summed E-state index contributed by atoms with van der Waals surface area (Å²) in [5.74, 6) is -1.22. The van der Waals surface area contributed by atoms with Gasteiger partial charge in [-0.15, -0.1) is 0 Å². The van der Waals surface area contributed by atoms with Crippen molar-refractivity contribution in [3.05, 3.63) is 78.1 Å². The quantitative estimate of drug-likeness (QED) is 0.517. The van der Waals surface area contributed by atoms with Crippen molar-refractivity contribution >= 4 is 28.9 Å². The van der Waals surface area contributed by atoms with Crippen LogP contribution in [0.15, 0.2) is 67.0 Å². The highest BCUT2D eigenvalue weighted by atomic mass is 16.4. The second-order valence-corrected chi connectivity index (χ2v) is 5.86. The lowest BCUT2D eigenvalue weighted by molar-refractivity contribution is 0.0698. The Morgan fingerprint density at radius 2 is 1.63 bits per heavy atom. The number of aromatic carboxylic acids is 1. The Hall–Kier alpha value is -4.00. The van der Waals surface area contributed by atoms with E-state index in [4.69, 9.17) is 0 Å². The summed E-state index contributed by atoms with van der Waals surface area (Å²) in [5, 5.41) is 11.9. The van der Waals surface area contributed by atoms with Crippen LogP contribution in [-0.2, 0) is 0 Å². The van der Waals surface area contributed by atoms with Crippen LogP contribution < -0.4 is 5.32 Å². The maximum absolute atomic E-state index is 12.5. The molecule has 7 heteroatoms. The van der Waals surface area contributed by atoms with Gasteiger partial charge in [-0.2, -0.15) is 0 Å². The summed E-state index contributed by atoms with van der Waals surface area (Å²) in [5.41, 5.74) is 3.36. The van der Waals surface area contributed by atoms with Gasteiger partial charge in [0.05, 0.1) is 11.1 Å². The molecule has 7 nitrogen and oxygen atoms in total. The molecule has 4 rings (SSSR count). The summed E-state index contributed by atoms with van der Waals surface area (Å²) in [4.78, 5) is 34.8. The average molecular weight is 358 g/mol. The third-order valence-corrected chi connectivity index (χ3v) is 4.14. The van der Waals surface area contributed by atoms with E-state index in [1.54, 1.807) is 36.7 Å². The zero-order valence-corrected chi connectivity index (χ0v) is 14.0. The third-order valence-electron chi connectivity index (χ3n) is 4.14. The minimum absolute atomic E-state index is 0.0750. The molecule has 0 aliphatic heterocycles. The second kappa shape index (κ2) is 6.72. The van der Waals surface area contributed by atoms with Crippen molar-refractivity contribution in [3.63, 3.8) is 0 Å². The minimum atomic E-state index is -1.07. The van der Waals surface area contributed by atoms with Crippen LogP contribution in [0.5, 0.6) is 0 Å². The van der Waals surface area contributed by atoms with Gasteiger partial charge in [0, 0.05) is 18.0 Å². The monoisotopic (exact) mass is 358 g/mol. The molecule has 0 bridgehead atoms. The van der Waals surface area contributed by atoms with Crippen molar-refractivity contribution in [3.8, 4) is 11.1 Å². The van der Waals surface area contributed by atoms with Gasteiger partial charge in [0.2, 0.25) is 5.95 Å². The Kier molecular flexibility index (Phi) is 4.10. The van der Waals surface area contributed by atoms with E-state index in [0.29, 0.717) is 16.6 Å². The van der Waals surface area contributed by atoms with E-state index in [9.17, 15) is 14.7 Å². The number of nitrogens with one attached hydrogen (secondary N) is 2. The fourth-order valence-electron chi connectivity index (χ4n) is 2.80. The first-order chi connectivity index (χ1) is 13.1. The zero-order valence-electron chi connectivity index (χ0n) is 14.0. The van der Waals surface area contributed by atoms with Crippen molar-refractivity contribution in [2.75, 3.05) is 5.32 Å². The molecule has 0 radical (unpaired) electrons. The smallest absolute Gasteiger partial charge is 0.337 e. The number of aromatic amines is 1. The molecule has 2 aromatic carbocycles. The van der Waals surface area contributed by atoms with Gasteiger partial charge in [-0.25, -0.2) is 9.78 Å². The van der Waals surface area contributed by atoms with Crippen LogP contribution in [0.2, 0.25) is 0 Å². The Morgan fingerprint density at radius 1 is 0.926 bits per heavy atom. The van der Waals surface area contributed by atoms with Gasteiger partial charge in [0.25, 0.3) is 5.91 Å². The van der Waals surface area contributed by atoms with Crippen LogP contribution in [0.3, 0.4) is 0 Å². The predicted molar refractivity (Wildman–Crippen MR) is 101 cm³/mol. The fraction of sp³-hybridized carbons (Fsp3) is 0. The lowest BCUT2D eigenvalue weighted by atomic mass is 10.1. The minimum Gasteiger partial charge on any atom is -0.478 e. The summed E-state index contributed by atoms with van der Waals surface area (Å²) >= 11 is 0. The molecular weight excluding hydrogens is 344 g/mol. The summed E-state index contributed by atoms with van der Waals surface area (Å²) < 4.78 is 0. The number of carbonyl (C=O) groups is 2. The molecule has 0 aliphatic carbocycles. The number of rotatable bonds is 4. The second-order valence-electron chi connectivity index (χ2n) is 5.86. The number of aromatic nitrogens is 3. The van der Waals surface area contributed by atoms with Gasteiger partial charge in [-0.3, -0.25) is 15.1 Å². The maximum atomic E-state index is 12.5. The van der Waals surface area contributed by atoms with Gasteiger partial charge in [-0.1, -0.05) is 18.2 Å². The topological polar surface area (TPSA) is 108 Å². The summed E-state index contributed by atoms with van der Waals surface area (Å²) in [6.45, 7) is 0. The fourth-order valence-corrected chi connectivity index (χ4v) is 2.80. The molecule has 2 heterocycles. The van der Waals surface area contributed by atoms with E-state index < -0.39 is 5.97 Å². The zero-order chi connectivity index (χ0) is 18.8. The van der Waals surface area contributed by atoms with Crippen LogP contribution >= 0.6 is 0 Å². The lowest BCUT2D eigenvalue weighted by Crippen LogP contribution is -2.12. The highest BCUT2D eigenvalue weighted by molar-refractivity contribution is 6.05. The van der Waals surface area contributed by atoms with E-state index in [1.807, 2.05) is 24.3 Å². The molecule has 0 saturated heterocycles. The third kappa shape index (κ3) is 3.25. The molecule has 4 aromatic rings. The first-order valence-corrected chi connectivity index (χ1v) is 8.15. The molecule has 2 aromatic heterocycles. The molecular formula is C20H14N4O3. The number of hydrogen-bond acceptors (Lipinski definition) is 4. The number of anilines is 1. The van der Waals surface area contributed by atoms with Crippen molar-refractivity contribution in [1.29, 1.82) is 0 Å². The molecule has 0 unspecified atom stereocenters. The normalized spacial score (nSPS) is 10.7. The summed E-state index contributed by atoms with van der Waals surface area (Å²) in [6.07, 6.45) is 3.42. The van der Waals surface area contributed by atoms with Gasteiger partial charge in [-0.05, 0) is 47.5 Å². The van der Waals surface area contributed by atoms with Gasteiger partial charge >= 0.3 is 5.97 Å². The number of fused-ring (bicyclic) bond motifs is 1. The largest absolute Gasteiger partial charge is 0.478 e. The Morgan fingerprint density at radius 3 is 2.33 bits per heavy atom. The van der Waals surface area contributed by atoms with Crippen molar-refractivity contribution in [2.24, 2.45) is 0 Å². The standard InChI is InChI=1S/C20H14N4O3/c25-18(14-6-4-12(5-7-14)13-8-10-21-11-9-13)24-20-22-16-3-1-2-15(19(26)27)17(16)23-20/h1-11H,(H,26,27)(H2,22,23,24,25). The first-order valence-electron chi connectivity index (χ1n) is 8.15. The number of carboxylic acid groups (broad SMARTS) is 1. The van der Waals surface area contributed by atoms with E-state index in [2.05, 4.69) is 20.3 Å². The van der Waals surface area contributed by atoms with Gasteiger partial charge < -0.3 is 10.1 Å². The first kappa shape index (κ1) is 16.5. The van der Waals surface area contributed by atoms with Crippen molar-refractivity contribution in [1.82, 2.24) is 15.0 Å². The van der Waals surface area contributed by atoms with Crippen molar-refractivity contribution < 1.29 is 14.7 Å². The van der Waals surface area contributed by atoms with E-state index in [0.717, 1.165) is 11.1 Å². The molecule has 0 aliphatic rings. The number of nitrogens with zero attached hydrogens (tertiary/aromatic N) is 2. The number of hydrogen-bond donors (Lipinski definition) is 3. The van der Waals surface area contributed by atoms with E-state index >= 15 is 0 Å². The van der Waals surface area contributed by atoms with Gasteiger partial charge in [0.1, 0.15) is 5.52 Å². The van der Waals surface area contributed by atoms with Crippen LogP contribution in [0.1, 0.15) is 20.7 Å². The van der Waals surface area contributed by atoms with Crippen LogP contribution in [0.25, 0.3) is 22.2 Å². The molecule has 27 heavy (non-hydrogen) atoms. The Bertz CT molecular complexity index is 1140. The molecule has 3 N–H and O–H groups in total. The lowest BCUT2D eigenvalue weighted by Gasteiger charge is -2.04. The number of carbonyl (C=O) groups excluding carboxylic acids is 1. The summed E-state index contributed by atoms with van der Waals surface area (Å²) in [7, 11) is 0. The van der Waals surface area contributed by atoms with Crippen LogP contribution in [0, 0.1) is 0 Å². The molecule has 0 saturated carbocycles. The Labute approximate surface area is 153 Å². The highest BCUT2D eigenvalue weighted by Gasteiger charge is 2.14.